The number of allylic oxidation sites excluding steroid dienone is 5. The quantitative estimate of drug-likeness (QED) is 0.226. The molecule has 0 N–H and O–H groups in total. The van der Waals surface area contributed by atoms with Gasteiger partial charge in [-0.3, -0.25) is 4.90 Å². The molecule has 35 heavy (non-hydrogen) atoms. The predicted octanol–water partition coefficient (Wildman–Crippen LogP) is 8.67. The summed E-state index contributed by atoms with van der Waals surface area (Å²) in [5.74, 6) is 0.758. The van der Waals surface area contributed by atoms with Gasteiger partial charge in [0.2, 0.25) is 0 Å². The average Bonchev–Trinajstić information content (AvgIpc) is 3.29. The number of para-hydroxylation sites is 1. The van der Waals surface area contributed by atoms with Gasteiger partial charge < -0.3 is 0 Å². The Balaban J connectivity index is 2.60. The summed E-state index contributed by atoms with van der Waals surface area (Å²) in [5, 5.41) is 9.17. The number of fused-ring (bicyclic) bond motifs is 1. The van der Waals surface area contributed by atoms with Gasteiger partial charge in [-0.2, -0.15) is 0 Å². The van der Waals surface area contributed by atoms with Crippen molar-refractivity contribution in [2.75, 3.05) is 19.6 Å². The van der Waals surface area contributed by atoms with Crippen LogP contribution in [-0.2, 0) is 0 Å². The largest absolute Gasteiger partial charge is 0.299 e. The van der Waals surface area contributed by atoms with Crippen molar-refractivity contribution in [3.63, 3.8) is 0 Å². The molecule has 0 saturated heterocycles. The molecule has 0 aliphatic rings. The minimum Gasteiger partial charge on any atom is -0.299 e. The molecule has 0 unspecified atom stereocenters. The van der Waals surface area contributed by atoms with Crippen molar-refractivity contribution >= 4 is 16.7 Å². The molecular weight excluding hydrogens is 428 g/mol. The molecule has 0 bridgehead atoms. The zero-order valence-electron chi connectivity index (χ0n) is 23.6. The van der Waals surface area contributed by atoms with E-state index in [-0.39, 0.29) is 0 Å². The van der Waals surface area contributed by atoms with E-state index in [1.165, 1.54) is 48.1 Å². The molecule has 0 amide bonds. The molecular formula is C31H50N4. The third kappa shape index (κ3) is 8.75. The fourth-order valence-corrected chi connectivity index (χ4v) is 4.71. The number of benzene rings is 1. The summed E-state index contributed by atoms with van der Waals surface area (Å²) < 4.78 is 2.09. The lowest BCUT2D eigenvalue weighted by atomic mass is 9.97. The van der Waals surface area contributed by atoms with E-state index in [4.69, 9.17) is 0 Å². The van der Waals surface area contributed by atoms with Crippen LogP contribution in [0.5, 0.6) is 0 Å². The summed E-state index contributed by atoms with van der Waals surface area (Å²) in [4.78, 5) is 2.67. The van der Waals surface area contributed by atoms with Gasteiger partial charge in [-0.1, -0.05) is 78.3 Å². The van der Waals surface area contributed by atoms with Crippen LogP contribution in [0.3, 0.4) is 0 Å². The van der Waals surface area contributed by atoms with Crippen molar-refractivity contribution in [2.45, 2.75) is 99.8 Å². The maximum Gasteiger partial charge on any atom is 0.113 e. The van der Waals surface area contributed by atoms with E-state index in [0.29, 0.717) is 0 Å². The van der Waals surface area contributed by atoms with Gasteiger partial charge in [0, 0.05) is 6.54 Å². The molecule has 2 aromatic rings. The highest BCUT2D eigenvalue weighted by Crippen LogP contribution is 2.27. The van der Waals surface area contributed by atoms with Crippen molar-refractivity contribution in [3.05, 3.63) is 53.1 Å². The van der Waals surface area contributed by atoms with Gasteiger partial charge in [0.05, 0.1) is 11.2 Å². The second-order valence-electron chi connectivity index (χ2n) is 10.0. The maximum absolute atomic E-state index is 4.66. The van der Waals surface area contributed by atoms with E-state index in [2.05, 4.69) is 98.7 Å². The van der Waals surface area contributed by atoms with Crippen LogP contribution in [0.15, 0.2) is 53.1 Å². The highest BCUT2D eigenvalue weighted by atomic mass is 15.4. The molecule has 4 nitrogen and oxygen atoms in total. The summed E-state index contributed by atoms with van der Waals surface area (Å²) in [6, 6.07) is 8.32. The van der Waals surface area contributed by atoms with E-state index >= 15 is 0 Å². The van der Waals surface area contributed by atoms with Crippen molar-refractivity contribution in [2.24, 2.45) is 5.92 Å². The highest BCUT2D eigenvalue weighted by Gasteiger charge is 2.16. The number of nitrogens with zero attached hydrogens (tertiary/aromatic N) is 4. The molecule has 0 aliphatic carbocycles. The van der Waals surface area contributed by atoms with Crippen LogP contribution in [0.4, 0.5) is 0 Å². The summed E-state index contributed by atoms with van der Waals surface area (Å²) in [7, 11) is 0. The Hall–Kier alpha value is -2.20. The van der Waals surface area contributed by atoms with Gasteiger partial charge in [0.25, 0.3) is 0 Å². The SMILES string of the molecule is CC/C=C(CC)/C(=C/C(=C(\CC)CN(CCCC)CCCC(C)C)n1nnc2ccccc21)CC. The Kier molecular flexibility index (Phi) is 13.0. The van der Waals surface area contributed by atoms with Crippen molar-refractivity contribution in [1.82, 2.24) is 19.9 Å². The zero-order chi connectivity index (χ0) is 25.6. The van der Waals surface area contributed by atoms with Gasteiger partial charge in [-0.15, -0.1) is 5.10 Å². The molecule has 0 aliphatic heterocycles. The Morgan fingerprint density at radius 2 is 1.66 bits per heavy atom. The van der Waals surface area contributed by atoms with Gasteiger partial charge >= 0.3 is 0 Å². The third-order valence-electron chi connectivity index (χ3n) is 6.80. The molecule has 194 valence electrons. The monoisotopic (exact) mass is 478 g/mol. The molecule has 0 spiro atoms. The van der Waals surface area contributed by atoms with Crippen molar-refractivity contribution in [3.8, 4) is 0 Å². The highest BCUT2D eigenvalue weighted by molar-refractivity contribution is 5.80. The van der Waals surface area contributed by atoms with Crippen LogP contribution in [-0.4, -0.2) is 39.5 Å². The van der Waals surface area contributed by atoms with E-state index in [9.17, 15) is 0 Å². The molecule has 0 fully saturated rings. The average molecular weight is 479 g/mol. The molecule has 1 aromatic carbocycles. The van der Waals surface area contributed by atoms with Crippen LogP contribution >= 0.6 is 0 Å². The van der Waals surface area contributed by atoms with Gasteiger partial charge in [-0.05, 0) is 98.9 Å². The number of rotatable bonds is 16. The first kappa shape index (κ1) is 29.0. The Labute approximate surface area is 215 Å². The fraction of sp³-hybridized carbons (Fsp3) is 0.613. The first-order valence-corrected chi connectivity index (χ1v) is 14.1. The number of aromatic nitrogens is 3. The Bertz CT molecular complexity index is 977. The number of unbranched alkanes of at least 4 members (excludes halogenated alkanes) is 1. The van der Waals surface area contributed by atoms with Gasteiger partial charge in [0.15, 0.2) is 0 Å². The van der Waals surface area contributed by atoms with E-state index in [1.807, 2.05) is 6.07 Å². The molecule has 1 heterocycles. The molecule has 4 heteroatoms. The minimum absolute atomic E-state index is 0.758. The topological polar surface area (TPSA) is 34.0 Å². The summed E-state index contributed by atoms with van der Waals surface area (Å²) >= 11 is 0. The lowest BCUT2D eigenvalue weighted by Gasteiger charge is -2.25. The summed E-state index contributed by atoms with van der Waals surface area (Å²) in [6.07, 6.45) is 14.0. The van der Waals surface area contributed by atoms with Crippen LogP contribution in [0, 0.1) is 5.92 Å². The molecule has 1 aromatic heterocycles. The smallest absolute Gasteiger partial charge is 0.113 e. The number of hydrogen-bond acceptors (Lipinski definition) is 3. The van der Waals surface area contributed by atoms with Crippen LogP contribution in [0.1, 0.15) is 99.8 Å². The first-order valence-electron chi connectivity index (χ1n) is 14.1. The minimum atomic E-state index is 0.758. The zero-order valence-corrected chi connectivity index (χ0v) is 23.6. The molecule has 2 rings (SSSR count). The second kappa shape index (κ2) is 15.7. The maximum atomic E-state index is 4.66. The van der Waals surface area contributed by atoms with Crippen LogP contribution in [0.25, 0.3) is 16.7 Å². The van der Waals surface area contributed by atoms with Crippen molar-refractivity contribution < 1.29 is 0 Å². The lowest BCUT2D eigenvalue weighted by Crippen LogP contribution is -2.29. The van der Waals surface area contributed by atoms with E-state index < -0.39 is 0 Å². The summed E-state index contributed by atoms with van der Waals surface area (Å²) in [6.45, 7) is 19.3. The molecule has 0 atom stereocenters. The predicted molar refractivity (Wildman–Crippen MR) is 153 cm³/mol. The Morgan fingerprint density at radius 1 is 0.943 bits per heavy atom. The number of hydrogen-bond donors (Lipinski definition) is 0. The van der Waals surface area contributed by atoms with Gasteiger partial charge in [-0.25, -0.2) is 4.68 Å². The second-order valence-corrected chi connectivity index (χ2v) is 10.0. The Morgan fingerprint density at radius 3 is 2.29 bits per heavy atom. The molecule has 0 radical (unpaired) electrons. The molecule has 0 saturated carbocycles. The summed E-state index contributed by atoms with van der Waals surface area (Å²) in [5.41, 5.74) is 7.55. The standard InChI is InChI=1S/C31H50N4/c1-8-13-21-34(22-16-18-25(6)7)24-28(12-5)31(23-27(11-4)26(10-3)17-9-2)35-30-20-15-14-19-29(30)32-33-35/h14-15,17,19-20,23,25H,8-13,16,18,21-22,24H2,1-7H3/b26-17+,27-23+,31-28-. The first-order chi connectivity index (χ1) is 17.0. The van der Waals surface area contributed by atoms with Crippen molar-refractivity contribution in [1.29, 1.82) is 0 Å². The van der Waals surface area contributed by atoms with E-state index in [1.54, 1.807) is 0 Å². The van der Waals surface area contributed by atoms with Gasteiger partial charge in [0.1, 0.15) is 5.52 Å². The van der Waals surface area contributed by atoms with Crippen LogP contribution in [0.2, 0.25) is 0 Å². The van der Waals surface area contributed by atoms with Crippen LogP contribution < -0.4 is 0 Å². The third-order valence-corrected chi connectivity index (χ3v) is 6.80. The fourth-order valence-electron chi connectivity index (χ4n) is 4.71. The lowest BCUT2D eigenvalue weighted by molar-refractivity contribution is 0.277. The van der Waals surface area contributed by atoms with E-state index in [0.717, 1.165) is 62.3 Å². The normalized spacial score (nSPS) is 13.9.